The zero-order valence-electron chi connectivity index (χ0n) is 40.9. The Morgan fingerprint density at radius 3 is 2.34 bits per heavy atom. The quantitative estimate of drug-likeness (QED) is 0.110. The molecule has 2 saturated heterocycles. The third-order valence-corrected chi connectivity index (χ3v) is 14.9. The predicted octanol–water partition coefficient (Wildman–Crippen LogP) is 6.44. The maximum Gasteiger partial charge on any atom is 0.329 e. The van der Waals surface area contributed by atoms with Crippen molar-refractivity contribution in [3.8, 4) is 5.75 Å². The number of fused-ring (bicyclic) bond motifs is 4. The number of carbonyl (C=O) groups excluding carboxylic acids is 4. The number of ether oxygens (including phenoxy) is 5. The van der Waals surface area contributed by atoms with E-state index in [1.54, 1.807) is 27.7 Å². The molecular formula is C52H76N2O13. The molecule has 2 bridgehead atoms. The zero-order chi connectivity index (χ0) is 48.9. The molecule has 1 aromatic heterocycles. The molecule has 4 heterocycles. The molecule has 15 heteroatoms. The lowest BCUT2D eigenvalue weighted by atomic mass is 9.81. The van der Waals surface area contributed by atoms with Crippen LogP contribution in [0.3, 0.4) is 0 Å². The van der Waals surface area contributed by atoms with Crippen molar-refractivity contribution in [3.05, 3.63) is 53.3 Å². The molecule has 5 N–H and O–H groups in total. The van der Waals surface area contributed by atoms with Gasteiger partial charge in [0.15, 0.2) is 0 Å². The van der Waals surface area contributed by atoms with Gasteiger partial charge in [0.1, 0.15) is 35.9 Å². The number of esters is 1. The van der Waals surface area contributed by atoms with E-state index in [0.29, 0.717) is 68.4 Å². The number of ketones is 2. The minimum atomic E-state index is -2.53. The number of piperidine rings is 1. The summed E-state index contributed by atoms with van der Waals surface area (Å²) in [5.74, 6) is -7.29. The molecule has 372 valence electrons. The van der Waals surface area contributed by atoms with Crippen LogP contribution in [-0.2, 0) is 38.1 Å². The van der Waals surface area contributed by atoms with Crippen molar-refractivity contribution in [1.82, 2.24) is 9.88 Å². The van der Waals surface area contributed by atoms with Crippen molar-refractivity contribution in [2.75, 3.05) is 20.8 Å². The monoisotopic (exact) mass is 937 g/mol. The molecular weight excluding hydrogens is 861 g/mol. The summed E-state index contributed by atoms with van der Waals surface area (Å²) in [6, 6.07) is 6.29. The van der Waals surface area contributed by atoms with Gasteiger partial charge in [0.2, 0.25) is 5.79 Å². The summed E-state index contributed by atoms with van der Waals surface area (Å²) in [6.07, 6.45) is 2.05. The minimum absolute atomic E-state index is 0.0153. The first-order valence-corrected chi connectivity index (χ1v) is 24.5. The average Bonchev–Trinajstić information content (AvgIpc) is 3.74. The molecule has 4 aliphatic rings. The van der Waals surface area contributed by atoms with Gasteiger partial charge in [-0.15, -0.1) is 0 Å². The first-order valence-electron chi connectivity index (χ1n) is 24.5. The first-order chi connectivity index (χ1) is 31.8. The van der Waals surface area contributed by atoms with Crippen molar-refractivity contribution in [2.24, 2.45) is 29.6 Å². The number of aromatic amines is 1. The minimum Gasteiger partial charge on any atom is -0.488 e. The Morgan fingerprint density at radius 2 is 1.67 bits per heavy atom. The van der Waals surface area contributed by atoms with Crippen LogP contribution in [0.1, 0.15) is 131 Å². The number of benzene rings is 1. The van der Waals surface area contributed by atoms with Gasteiger partial charge < -0.3 is 54.0 Å². The molecule has 1 aromatic carbocycles. The van der Waals surface area contributed by atoms with E-state index in [4.69, 9.17) is 23.7 Å². The van der Waals surface area contributed by atoms with Crippen LogP contribution in [0.4, 0.5) is 0 Å². The van der Waals surface area contributed by atoms with Crippen molar-refractivity contribution < 1.29 is 63.3 Å². The Kier molecular flexibility index (Phi) is 17.7. The molecule has 15 nitrogen and oxygen atoms in total. The van der Waals surface area contributed by atoms with Gasteiger partial charge in [-0.1, -0.05) is 45.4 Å². The van der Waals surface area contributed by atoms with Gasteiger partial charge in [-0.25, -0.2) is 4.79 Å². The maximum absolute atomic E-state index is 14.5. The second kappa shape index (κ2) is 22.6. The number of aromatic nitrogens is 1. The summed E-state index contributed by atoms with van der Waals surface area (Å²) in [5.41, 5.74) is 3.15. The van der Waals surface area contributed by atoms with Crippen molar-refractivity contribution >= 4 is 34.3 Å². The third-order valence-electron chi connectivity index (χ3n) is 14.9. The Bertz CT molecular complexity index is 2110. The number of methoxy groups -OCH3 is 2. The largest absolute Gasteiger partial charge is 0.488 e. The van der Waals surface area contributed by atoms with Gasteiger partial charge in [-0.3, -0.25) is 14.4 Å². The van der Waals surface area contributed by atoms with Crippen LogP contribution in [0.5, 0.6) is 5.75 Å². The molecule has 1 saturated carbocycles. The SMILES string of the molecule is CCC1/C=C(\C)CC(C)CC(OC)C2OC(O)(C(=O)C(=O)N3CCCCC3C(=O)OC(C(C)=CC3CCC(Oc4ccc5[nH]c(C(C)O)cc5c4)C(O)C3)C(C)C(O)CC1=O)C(C)CC2OC. The molecule has 15 unspecified atom stereocenters. The molecule has 3 fully saturated rings. The number of nitrogens with one attached hydrogen (secondary N) is 1. The van der Waals surface area contributed by atoms with E-state index >= 15 is 0 Å². The zero-order valence-corrected chi connectivity index (χ0v) is 40.9. The molecule has 2 aromatic rings. The van der Waals surface area contributed by atoms with Crippen LogP contribution in [0, 0.1) is 29.6 Å². The normalized spacial score (nSPS) is 37.2. The number of aliphatic hydroxyl groups excluding tert-OH is 3. The lowest BCUT2D eigenvalue weighted by Gasteiger charge is -2.47. The van der Waals surface area contributed by atoms with E-state index in [2.05, 4.69) is 4.98 Å². The Balaban J connectivity index is 1.28. The fourth-order valence-corrected chi connectivity index (χ4v) is 10.9. The number of hydrogen-bond acceptors (Lipinski definition) is 13. The number of aliphatic hydroxyl groups is 4. The summed E-state index contributed by atoms with van der Waals surface area (Å²) in [6.45, 7) is 12.9. The summed E-state index contributed by atoms with van der Waals surface area (Å²) in [4.78, 5) is 61.5. The second-order valence-corrected chi connectivity index (χ2v) is 20.2. The number of Topliss-reactive ketones (excluding diaryl/α,β-unsaturated/α-hetero) is 2. The van der Waals surface area contributed by atoms with Crippen molar-refractivity contribution in [3.63, 3.8) is 0 Å². The highest BCUT2D eigenvalue weighted by molar-refractivity contribution is 6.39. The van der Waals surface area contributed by atoms with Crippen molar-refractivity contribution in [1.29, 1.82) is 0 Å². The average molecular weight is 937 g/mol. The van der Waals surface area contributed by atoms with Crippen LogP contribution in [0.2, 0.25) is 0 Å². The lowest BCUT2D eigenvalue weighted by molar-refractivity contribution is -0.302. The summed E-state index contributed by atoms with van der Waals surface area (Å²) >= 11 is 0. The number of nitrogens with zero attached hydrogens (tertiary/aromatic N) is 1. The van der Waals surface area contributed by atoms with Gasteiger partial charge in [0.05, 0.1) is 30.5 Å². The highest BCUT2D eigenvalue weighted by Gasteiger charge is 2.56. The second-order valence-electron chi connectivity index (χ2n) is 20.2. The number of carbonyl (C=O) groups is 4. The van der Waals surface area contributed by atoms with Gasteiger partial charge in [-0.05, 0) is 127 Å². The number of H-pyrrole nitrogens is 1. The van der Waals surface area contributed by atoms with E-state index < -0.39 is 96.1 Å². The number of allylic oxidation sites excluding steroid dienone is 3. The molecule has 0 radical (unpaired) electrons. The van der Waals surface area contributed by atoms with Crippen LogP contribution in [0.25, 0.3) is 10.9 Å². The first kappa shape index (κ1) is 52.4. The number of cyclic esters (lactones) is 1. The van der Waals surface area contributed by atoms with Crippen LogP contribution < -0.4 is 4.74 Å². The topological polar surface area (TPSA) is 214 Å². The molecule has 67 heavy (non-hydrogen) atoms. The fourth-order valence-electron chi connectivity index (χ4n) is 10.9. The Labute approximate surface area is 395 Å². The van der Waals surface area contributed by atoms with Crippen LogP contribution in [-0.4, -0.2) is 129 Å². The Morgan fingerprint density at radius 1 is 0.955 bits per heavy atom. The number of hydrogen-bond donors (Lipinski definition) is 5. The molecule has 6 rings (SSSR count). The molecule has 0 spiro atoms. The summed E-state index contributed by atoms with van der Waals surface area (Å²) in [7, 11) is 3.06. The third kappa shape index (κ3) is 12.1. The fraction of sp³-hybridized carbons (Fsp3) is 0.692. The highest BCUT2D eigenvalue weighted by Crippen LogP contribution is 2.40. The molecule has 15 atom stereocenters. The van der Waals surface area contributed by atoms with Gasteiger partial charge in [0, 0.05) is 61.5 Å². The van der Waals surface area contributed by atoms with Crippen molar-refractivity contribution in [2.45, 2.75) is 180 Å². The van der Waals surface area contributed by atoms with E-state index in [-0.39, 0.29) is 43.4 Å². The predicted molar refractivity (Wildman–Crippen MR) is 251 cm³/mol. The van der Waals surface area contributed by atoms with Gasteiger partial charge in [-0.2, -0.15) is 0 Å². The van der Waals surface area contributed by atoms with Crippen LogP contribution >= 0.6 is 0 Å². The van der Waals surface area contributed by atoms with E-state index in [9.17, 15) is 39.6 Å². The Hall–Kier alpha value is -3.96. The van der Waals surface area contributed by atoms with Crippen LogP contribution in [0.15, 0.2) is 47.6 Å². The number of rotatable bonds is 8. The highest BCUT2D eigenvalue weighted by atomic mass is 16.7. The standard InChI is InChI=1S/C52H76N2O13/c1-10-35-20-28(2)19-29(3)21-45(63-8)48-46(64-9)23-31(5)52(62,67-48)49(59)50(60)54-18-12-11-13-40(54)51(61)66-47(32(6)41(56)27-42(35)57)30(4)22-34-14-17-44(43(58)24-34)65-37-15-16-38-36(25-37)26-39(53-38)33(7)55/h15-16,20,22,25-26,29,31-35,40-41,43-48,53,55-56,58,62H,10-14,17-19,21,23-24,27H2,1-9H3/b28-20+,30-22?. The van der Waals surface area contributed by atoms with E-state index in [0.717, 1.165) is 16.5 Å². The smallest absolute Gasteiger partial charge is 0.329 e. The van der Waals surface area contributed by atoms with Gasteiger partial charge in [0.25, 0.3) is 11.7 Å². The summed E-state index contributed by atoms with van der Waals surface area (Å²) < 4.78 is 30.7. The summed E-state index contributed by atoms with van der Waals surface area (Å²) in [5, 5.41) is 46.2. The van der Waals surface area contributed by atoms with E-state index in [1.165, 1.54) is 19.1 Å². The van der Waals surface area contributed by atoms with E-state index in [1.807, 2.05) is 57.2 Å². The number of amides is 1. The maximum atomic E-state index is 14.5. The molecule has 1 aliphatic carbocycles. The lowest BCUT2D eigenvalue weighted by Crippen LogP contribution is -2.64. The molecule has 1 amide bonds. The van der Waals surface area contributed by atoms with Gasteiger partial charge >= 0.3 is 5.97 Å². The molecule has 3 aliphatic heterocycles.